The van der Waals surface area contributed by atoms with E-state index >= 15 is 0 Å². The first-order valence-corrected chi connectivity index (χ1v) is 8.07. The molecule has 0 aliphatic rings. The van der Waals surface area contributed by atoms with Crippen molar-refractivity contribution in [3.8, 4) is 0 Å². The molecule has 0 saturated heterocycles. The van der Waals surface area contributed by atoms with Gasteiger partial charge in [-0.1, -0.05) is 23.7 Å². The molecule has 1 aromatic carbocycles. The van der Waals surface area contributed by atoms with Crippen LogP contribution in [0.15, 0.2) is 48.9 Å². The second kappa shape index (κ2) is 7.36. The molecule has 1 atom stereocenters. The molecule has 1 N–H and O–H groups in total. The maximum absolute atomic E-state index is 12.3. The van der Waals surface area contributed by atoms with Crippen LogP contribution in [0.4, 0.5) is 11.5 Å². The third-order valence-electron chi connectivity index (χ3n) is 3.70. The highest BCUT2D eigenvalue weighted by Crippen LogP contribution is 2.15. The molecular formula is C16H15ClN6O3. The SMILES string of the molecule is CC(C(=O)Nc1ccn(Cc2cccc(Cl)c2)n1)n1cc([N+](=O)[O-])cn1. The van der Waals surface area contributed by atoms with Crippen LogP contribution >= 0.6 is 11.6 Å². The third-order valence-corrected chi connectivity index (χ3v) is 3.94. The van der Waals surface area contributed by atoms with Crippen LogP contribution in [0.25, 0.3) is 0 Å². The summed E-state index contributed by atoms with van der Waals surface area (Å²) in [5.74, 6) is 0.00142. The van der Waals surface area contributed by atoms with Gasteiger partial charge >= 0.3 is 5.69 Å². The predicted octanol–water partition coefficient (Wildman–Crippen LogP) is 2.89. The van der Waals surface area contributed by atoms with Crippen LogP contribution in [-0.2, 0) is 11.3 Å². The minimum Gasteiger partial charge on any atom is -0.307 e. The molecule has 0 bridgehead atoms. The fourth-order valence-electron chi connectivity index (χ4n) is 2.32. The molecule has 3 aromatic rings. The molecule has 0 aliphatic heterocycles. The van der Waals surface area contributed by atoms with Gasteiger partial charge in [0.25, 0.3) is 0 Å². The van der Waals surface area contributed by atoms with Gasteiger partial charge in [0.2, 0.25) is 5.91 Å². The minimum absolute atomic E-state index is 0.171. The van der Waals surface area contributed by atoms with E-state index in [1.165, 1.54) is 10.9 Å². The molecule has 134 valence electrons. The zero-order chi connectivity index (χ0) is 18.7. The van der Waals surface area contributed by atoms with Crippen LogP contribution in [0.2, 0.25) is 5.02 Å². The average Bonchev–Trinajstić information content (AvgIpc) is 3.24. The van der Waals surface area contributed by atoms with Crippen LogP contribution in [0.1, 0.15) is 18.5 Å². The van der Waals surface area contributed by atoms with E-state index in [1.54, 1.807) is 29.9 Å². The fourth-order valence-corrected chi connectivity index (χ4v) is 2.54. The number of anilines is 1. The van der Waals surface area contributed by atoms with Gasteiger partial charge in [-0.3, -0.25) is 24.3 Å². The lowest BCUT2D eigenvalue weighted by atomic mass is 10.2. The predicted molar refractivity (Wildman–Crippen MR) is 95.0 cm³/mol. The van der Waals surface area contributed by atoms with Gasteiger partial charge in [-0.2, -0.15) is 10.2 Å². The Morgan fingerprint density at radius 1 is 1.42 bits per heavy atom. The number of nitrogens with zero attached hydrogens (tertiary/aromatic N) is 5. The molecule has 3 rings (SSSR count). The molecular weight excluding hydrogens is 360 g/mol. The number of benzene rings is 1. The molecule has 26 heavy (non-hydrogen) atoms. The number of nitrogens with one attached hydrogen (secondary N) is 1. The number of hydrogen-bond donors (Lipinski definition) is 1. The summed E-state index contributed by atoms with van der Waals surface area (Å²) in [5.41, 5.74) is 0.811. The molecule has 1 unspecified atom stereocenters. The van der Waals surface area contributed by atoms with Crippen LogP contribution in [-0.4, -0.2) is 30.4 Å². The molecule has 2 heterocycles. The van der Waals surface area contributed by atoms with Gasteiger partial charge in [0.1, 0.15) is 18.4 Å². The Kier molecular flexibility index (Phi) is 4.99. The normalized spacial score (nSPS) is 11.9. The quantitative estimate of drug-likeness (QED) is 0.527. The Morgan fingerprint density at radius 2 is 2.23 bits per heavy atom. The number of rotatable bonds is 6. The van der Waals surface area contributed by atoms with Gasteiger partial charge in [-0.25, -0.2) is 0 Å². The molecule has 0 radical (unpaired) electrons. The van der Waals surface area contributed by atoms with Crippen molar-refractivity contribution in [3.05, 3.63) is 69.6 Å². The number of carbonyl (C=O) groups excluding carboxylic acids is 1. The summed E-state index contributed by atoms with van der Waals surface area (Å²) in [6.45, 7) is 2.10. The third kappa shape index (κ3) is 4.06. The van der Waals surface area contributed by atoms with E-state index in [2.05, 4.69) is 15.5 Å². The number of halogens is 1. The van der Waals surface area contributed by atoms with E-state index in [4.69, 9.17) is 11.6 Å². The fraction of sp³-hybridized carbons (Fsp3) is 0.188. The highest BCUT2D eigenvalue weighted by Gasteiger charge is 2.19. The number of aromatic nitrogens is 4. The summed E-state index contributed by atoms with van der Waals surface area (Å²) < 4.78 is 2.90. The lowest BCUT2D eigenvalue weighted by molar-refractivity contribution is -0.385. The van der Waals surface area contributed by atoms with Crippen LogP contribution in [0.5, 0.6) is 0 Å². The number of hydrogen-bond acceptors (Lipinski definition) is 5. The summed E-state index contributed by atoms with van der Waals surface area (Å²) in [6.07, 6.45) is 4.05. The molecule has 10 heteroatoms. The molecule has 0 aliphatic carbocycles. The van der Waals surface area contributed by atoms with Gasteiger partial charge in [0.15, 0.2) is 5.82 Å². The highest BCUT2D eigenvalue weighted by molar-refractivity contribution is 6.30. The standard InChI is InChI=1S/C16H15ClN6O3/c1-11(22-10-14(8-18-22)23(25)26)16(24)19-15-5-6-21(20-15)9-12-3-2-4-13(17)7-12/h2-8,10-11H,9H2,1H3,(H,19,20,24). The van der Waals surface area contributed by atoms with E-state index < -0.39 is 11.0 Å². The van der Waals surface area contributed by atoms with E-state index in [0.717, 1.165) is 11.8 Å². The maximum Gasteiger partial charge on any atom is 0.307 e. The van der Waals surface area contributed by atoms with Crippen molar-refractivity contribution in [2.45, 2.75) is 19.5 Å². The highest BCUT2D eigenvalue weighted by atomic mass is 35.5. The van der Waals surface area contributed by atoms with Gasteiger partial charge in [-0.15, -0.1) is 0 Å². The first-order valence-electron chi connectivity index (χ1n) is 7.69. The van der Waals surface area contributed by atoms with Crippen molar-refractivity contribution in [1.29, 1.82) is 0 Å². The van der Waals surface area contributed by atoms with Crippen LogP contribution in [0, 0.1) is 10.1 Å². The summed E-state index contributed by atoms with van der Waals surface area (Å²) in [4.78, 5) is 22.4. The monoisotopic (exact) mass is 374 g/mol. The van der Waals surface area contributed by atoms with E-state index in [-0.39, 0.29) is 11.6 Å². The average molecular weight is 375 g/mol. The van der Waals surface area contributed by atoms with Crippen molar-refractivity contribution in [2.24, 2.45) is 0 Å². The minimum atomic E-state index is -0.721. The summed E-state index contributed by atoms with van der Waals surface area (Å²) in [5, 5.41) is 22.1. The molecule has 0 spiro atoms. The maximum atomic E-state index is 12.3. The lowest BCUT2D eigenvalue weighted by Gasteiger charge is -2.10. The first-order chi connectivity index (χ1) is 12.4. The number of amides is 1. The molecule has 2 aromatic heterocycles. The van der Waals surface area contributed by atoms with Gasteiger partial charge in [-0.05, 0) is 24.6 Å². The van der Waals surface area contributed by atoms with Crippen molar-refractivity contribution < 1.29 is 9.72 Å². The first kappa shape index (κ1) is 17.6. The van der Waals surface area contributed by atoms with E-state index in [0.29, 0.717) is 17.4 Å². The molecule has 9 nitrogen and oxygen atoms in total. The second-order valence-corrected chi connectivity index (χ2v) is 6.07. The Bertz CT molecular complexity index is 951. The topological polar surface area (TPSA) is 108 Å². The Morgan fingerprint density at radius 3 is 2.92 bits per heavy atom. The Labute approximate surface area is 153 Å². The van der Waals surface area contributed by atoms with Crippen molar-refractivity contribution in [2.75, 3.05) is 5.32 Å². The van der Waals surface area contributed by atoms with Crippen molar-refractivity contribution >= 4 is 29.0 Å². The molecule has 0 saturated carbocycles. The van der Waals surface area contributed by atoms with Gasteiger partial charge in [0, 0.05) is 17.3 Å². The van der Waals surface area contributed by atoms with Crippen LogP contribution < -0.4 is 5.32 Å². The van der Waals surface area contributed by atoms with Crippen molar-refractivity contribution in [1.82, 2.24) is 19.6 Å². The van der Waals surface area contributed by atoms with Gasteiger partial charge < -0.3 is 5.32 Å². The van der Waals surface area contributed by atoms with Crippen molar-refractivity contribution in [3.63, 3.8) is 0 Å². The van der Waals surface area contributed by atoms with Gasteiger partial charge in [0.05, 0.1) is 11.5 Å². The molecule has 0 fully saturated rings. The lowest BCUT2D eigenvalue weighted by Crippen LogP contribution is -2.24. The Hall–Kier alpha value is -3.20. The smallest absolute Gasteiger partial charge is 0.307 e. The number of nitro groups is 1. The van der Waals surface area contributed by atoms with Crippen LogP contribution in [0.3, 0.4) is 0 Å². The van der Waals surface area contributed by atoms with E-state index in [9.17, 15) is 14.9 Å². The Balaban J connectivity index is 1.64. The zero-order valence-electron chi connectivity index (χ0n) is 13.7. The zero-order valence-corrected chi connectivity index (χ0v) is 14.5. The summed E-state index contributed by atoms with van der Waals surface area (Å²) >= 11 is 5.96. The molecule has 1 amide bonds. The summed E-state index contributed by atoms with van der Waals surface area (Å²) in [7, 11) is 0. The number of carbonyl (C=O) groups is 1. The largest absolute Gasteiger partial charge is 0.307 e. The second-order valence-electron chi connectivity index (χ2n) is 5.63. The summed E-state index contributed by atoms with van der Waals surface area (Å²) in [6, 6.07) is 8.37. The van der Waals surface area contributed by atoms with E-state index in [1.807, 2.05) is 18.2 Å².